The van der Waals surface area contributed by atoms with Gasteiger partial charge in [0, 0.05) is 24.0 Å². The summed E-state index contributed by atoms with van der Waals surface area (Å²) in [5, 5.41) is 2.84. The first-order valence-electron chi connectivity index (χ1n) is 8.37. The molecule has 0 saturated heterocycles. The Morgan fingerprint density at radius 3 is 2.93 bits per heavy atom. The number of rotatable bonds is 5. The van der Waals surface area contributed by atoms with Gasteiger partial charge >= 0.3 is 0 Å². The summed E-state index contributed by atoms with van der Waals surface area (Å²) in [5.74, 6) is 0.898. The fourth-order valence-electron chi connectivity index (χ4n) is 2.76. The Balaban J connectivity index is 1.61. The minimum atomic E-state index is -0.281. The Bertz CT molecular complexity index is 1080. The molecule has 1 aromatic carbocycles. The van der Waals surface area contributed by atoms with Crippen LogP contribution in [0.15, 0.2) is 77.7 Å². The molecule has 3 heterocycles. The van der Waals surface area contributed by atoms with E-state index in [-0.39, 0.29) is 5.91 Å². The highest BCUT2D eigenvalue weighted by molar-refractivity contribution is 6.03. The number of pyridine rings is 1. The van der Waals surface area contributed by atoms with Gasteiger partial charge < -0.3 is 18.9 Å². The second kappa shape index (κ2) is 7.21. The third kappa shape index (κ3) is 3.59. The number of carbonyl (C=O) groups is 1. The van der Waals surface area contributed by atoms with E-state index in [4.69, 9.17) is 9.15 Å². The molecule has 0 unspecified atom stereocenters. The summed E-state index contributed by atoms with van der Waals surface area (Å²) in [6.07, 6.45) is 8.46. The standard InChI is InChI=1S/C21H17N3O3/c1-26-19-9-7-15(18-14-24-11-3-2-6-20(24)22-18)13-17(19)23-21(25)10-8-16-5-4-12-27-16/h2-14H,1H3,(H,23,25)/b10-8+. The maximum Gasteiger partial charge on any atom is 0.248 e. The average Bonchev–Trinajstić information content (AvgIpc) is 3.35. The van der Waals surface area contributed by atoms with E-state index in [1.807, 2.05) is 53.2 Å². The van der Waals surface area contributed by atoms with Gasteiger partial charge in [-0.25, -0.2) is 4.98 Å². The lowest BCUT2D eigenvalue weighted by molar-refractivity contribution is -0.111. The third-order valence-electron chi connectivity index (χ3n) is 4.06. The van der Waals surface area contributed by atoms with Crippen molar-refractivity contribution >= 4 is 23.3 Å². The molecule has 27 heavy (non-hydrogen) atoms. The van der Waals surface area contributed by atoms with Gasteiger partial charge in [-0.3, -0.25) is 4.79 Å². The van der Waals surface area contributed by atoms with Crippen LogP contribution in [0.5, 0.6) is 5.75 Å². The minimum Gasteiger partial charge on any atom is -0.495 e. The van der Waals surface area contributed by atoms with Crippen molar-refractivity contribution in [1.82, 2.24) is 9.38 Å². The van der Waals surface area contributed by atoms with Gasteiger partial charge in [-0.1, -0.05) is 6.07 Å². The number of nitrogens with zero attached hydrogens (tertiary/aromatic N) is 2. The number of methoxy groups -OCH3 is 1. The number of benzene rings is 1. The number of aromatic nitrogens is 2. The van der Waals surface area contributed by atoms with Crippen molar-refractivity contribution in [1.29, 1.82) is 0 Å². The molecule has 6 heteroatoms. The fraction of sp³-hybridized carbons (Fsp3) is 0.0476. The lowest BCUT2D eigenvalue weighted by atomic mass is 10.1. The van der Waals surface area contributed by atoms with Gasteiger partial charge in [0.05, 0.1) is 24.8 Å². The minimum absolute atomic E-state index is 0.281. The van der Waals surface area contributed by atoms with Crippen LogP contribution in [0.2, 0.25) is 0 Å². The molecule has 1 N–H and O–H groups in total. The molecule has 4 rings (SSSR count). The molecule has 0 spiro atoms. The molecule has 3 aromatic heterocycles. The van der Waals surface area contributed by atoms with E-state index in [0.29, 0.717) is 17.2 Å². The maximum absolute atomic E-state index is 12.2. The number of hydrogen-bond acceptors (Lipinski definition) is 4. The summed E-state index contributed by atoms with van der Waals surface area (Å²) in [7, 11) is 1.56. The van der Waals surface area contributed by atoms with Crippen LogP contribution < -0.4 is 10.1 Å². The predicted octanol–water partition coefficient (Wildman–Crippen LogP) is 4.25. The summed E-state index contributed by atoms with van der Waals surface area (Å²) in [6, 6.07) is 14.9. The summed E-state index contributed by atoms with van der Waals surface area (Å²) in [6.45, 7) is 0. The number of carbonyl (C=O) groups excluding carboxylic acids is 1. The van der Waals surface area contributed by atoms with Gasteiger partial charge in [-0.15, -0.1) is 0 Å². The Morgan fingerprint density at radius 1 is 1.22 bits per heavy atom. The number of anilines is 1. The van der Waals surface area contributed by atoms with Crippen molar-refractivity contribution in [2.24, 2.45) is 0 Å². The smallest absolute Gasteiger partial charge is 0.248 e. The van der Waals surface area contributed by atoms with Gasteiger partial charge in [0.1, 0.15) is 17.2 Å². The molecule has 0 radical (unpaired) electrons. The van der Waals surface area contributed by atoms with Crippen LogP contribution >= 0.6 is 0 Å². The Morgan fingerprint density at radius 2 is 2.15 bits per heavy atom. The number of nitrogens with one attached hydrogen (secondary N) is 1. The van der Waals surface area contributed by atoms with Crippen molar-refractivity contribution in [3.05, 3.63) is 79.0 Å². The largest absolute Gasteiger partial charge is 0.495 e. The first-order chi connectivity index (χ1) is 13.2. The van der Waals surface area contributed by atoms with E-state index in [9.17, 15) is 4.79 Å². The second-order valence-corrected chi connectivity index (χ2v) is 5.85. The van der Waals surface area contributed by atoms with Gasteiger partial charge in [0.2, 0.25) is 5.91 Å². The van der Waals surface area contributed by atoms with E-state index in [1.165, 1.54) is 6.08 Å². The molecule has 134 valence electrons. The van der Waals surface area contributed by atoms with Crippen LogP contribution in [-0.2, 0) is 4.79 Å². The number of fused-ring (bicyclic) bond motifs is 1. The zero-order chi connectivity index (χ0) is 18.6. The van der Waals surface area contributed by atoms with E-state index >= 15 is 0 Å². The monoisotopic (exact) mass is 359 g/mol. The van der Waals surface area contributed by atoms with Crippen LogP contribution in [0, 0.1) is 0 Å². The zero-order valence-electron chi connectivity index (χ0n) is 14.6. The van der Waals surface area contributed by atoms with E-state index in [0.717, 1.165) is 16.9 Å². The van der Waals surface area contributed by atoms with E-state index in [2.05, 4.69) is 10.3 Å². The lowest BCUT2D eigenvalue weighted by Crippen LogP contribution is -2.09. The predicted molar refractivity (Wildman–Crippen MR) is 104 cm³/mol. The normalized spacial score (nSPS) is 11.1. The van der Waals surface area contributed by atoms with Crippen LogP contribution in [0.3, 0.4) is 0 Å². The Kier molecular flexibility index (Phi) is 4.45. The first kappa shape index (κ1) is 16.7. The quantitative estimate of drug-likeness (QED) is 0.541. The summed E-state index contributed by atoms with van der Waals surface area (Å²) in [4.78, 5) is 16.9. The molecular formula is C21H17N3O3. The van der Waals surface area contributed by atoms with Gasteiger partial charge in [0.25, 0.3) is 0 Å². The van der Waals surface area contributed by atoms with E-state index in [1.54, 1.807) is 31.6 Å². The third-order valence-corrected chi connectivity index (χ3v) is 4.06. The van der Waals surface area contributed by atoms with Crippen molar-refractivity contribution in [3.63, 3.8) is 0 Å². The molecule has 0 aliphatic carbocycles. The van der Waals surface area contributed by atoms with Gasteiger partial charge in [-0.05, 0) is 48.5 Å². The average molecular weight is 359 g/mol. The number of ether oxygens (including phenoxy) is 1. The Labute approximate surface area is 155 Å². The molecular weight excluding hydrogens is 342 g/mol. The molecule has 6 nitrogen and oxygen atoms in total. The topological polar surface area (TPSA) is 68.8 Å². The molecule has 4 aromatic rings. The van der Waals surface area contributed by atoms with Crippen LogP contribution in [0.1, 0.15) is 5.76 Å². The highest BCUT2D eigenvalue weighted by Crippen LogP contribution is 2.30. The highest BCUT2D eigenvalue weighted by Gasteiger charge is 2.10. The number of hydrogen-bond donors (Lipinski definition) is 1. The molecule has 0 bridgehead atoms. The Hall–Kier alpha value is -3.80. The molecule has 0 fully saturated rings. The SMILES string of the molecule is COc1ccc(-c2cn3ccccc3n2)cc1NC(=O)/C=C/c1ccco1. The van der Waals surface area contributed by atoms with Crippen LogP contribution in [0.25, 0.3) is 23.0 Å². The van der Waals surface area contributed by atoms with Crippen LogP contribution in [0.4, 0.5) is 5.69 Å². The molecule has 0 aliphatic rings. The number of furan rings is 1. The van der Waals surface area contributed by atoms with Gasteiger partial charge in [-0.2, -0.15) is 0 Å². The molecule has 0 atom stereocenters. The van der Waals surface area contributed by atoms with Crippen molar-refractivity contribution in [2.75, 3.05) is 12.4 Å². The van der Waals surface area contributed by atoms with Crippen molar-refractivity contribution in [3.8, 4) is 17.0 Å². The number of amides is 1. The highest BCUT2D eigenvalue weighted by atomic mass is 16.5. The van der Waals surface area contributed by atoms with Crippen molar-refractivity contribution in [2.45, 2.75) is 0 Å². The van der Waals surface area contributed by atoms with Crippen molar-refractivity contribution < 1.29 is 13.9 Å². The molecule has 1 amide bonds. The summed E-state index contributed by atoms with van der Waals surface area (Å²) in [5.41, 5.74) is 3.12. The second-order valence-electron chi connectivity index (χ2n) is 5.85. The fourth-order valence-corrected chi connectivity index (χ4v) is 2.76. The van der Waals surface area contributed by atoms with Gasteiger partial charge in [0.15, 0.2) is 0 Å². The van der Waals surface area contributed by atoms with Crippen LogP contribution in [-0.4, -0.2) is 22.4 Å². The lowest BCUT2D eigenvalue weighted by Gasteiger charge is -2.10. The first-order valence-corrected chi connectivity index (χ1v) is 8.37. The maximum atomic E-state index is 12.2. The molecule has 0 saturated carbocycles. The van der Waals surface area contributed by atoms with E-state index < -0.39 is 0 Å². The summed E-state index contributed by atoms with van der Waals surface area (Å²) >= 11 is 0. The zero-order valence-corrected chi connectivity index (χ0v) is 14.6. The molecule has 0 aliphatic heterocycles. The number of imidazole rings is 1. The summed E-state index contributed by atoms with van der Waals surface area (Å²) < 4.78 is 12.5.